The predicted molar refractivity (Wildman–Crippen MR) is 37.2 cm³/mol. The molecule has 1 fully saturated rings. The van der Waals surface area contributed by atoms with Crippen LogP contribution in [0.5, 0.6) is 0 Å². The normalized spacial score (nSPS) is 43.8. The van der Waals surface area contributed by atoms with E-state index in [0.29, 0.717) is 12.3 Å². The smallest absolute Gasteiger partial charge is 0.145 e. The maximum absolute atomic E-state index is 13.2. The van der Waals surface area contributed by atoms with Crippen molar-refractivity contribution >= 4 is 0 Å². The maximum atomic E-state index is 13.2. The van der Waals surface area contributed by atoms with Gasteiger partial charge in [0.25, 0.3) is 0 Å². The second kappa shape index (κ2) is 2.48. The van der Waals surface area contributed by atoms with Gasteiger partial charge in [-0.2, -0.15) is 0 Å². The highest BCUT2D eigenvalue weighted by atomic mass is 19.2. The van der Waals surface area contributed by atoms with Crippen LogP contribution >= 0.6 is 0 Å². The van der Waals surface area contributed by atoms with E-state index in [9.17, 15) is 8.78 Å². The highest BCUT2D eigenvalue weighted by Gasteiger charge is 2.42. The first-order chi connectivity index (χ1) is 4.55. The van der Waals surface area contributed by atoms with Crippen molar-refractivity contribution < 1.29 is 8.78 Å². The lowest BCUT2D eigenvalue weighted by Crippen LogP contribution is -2.40. The van der Waals surface area contributed by atoms with E-state index in [-0.39, 0.29) is 0 Å². The van der Waals surface area contributed by atoms with Gasteiger partial charge < -0.3 is 0 Å². The maximum Gasteiger partial charge on any atom is 0.145 e. The fraction of sp³-hybridized carbons (Fsp3) is 0.875. The minimum Gasteiger partial charge on any atom is -0.244 e. The van der Waals surface area contributed by atoms with Crippen molar-refractivity contribution in [3.05, 3.63) is 5.92 Å². The van der Waals surface area contributed by atoms with Crippen molar-refractivity contribution in [2.75, 3.05) is 0 Å². The quantitative estimate of drug-likeness (QED) is 0.494. The molecule has 0 bridgehead atoms. The molecule has 1 rings (SSSR count). The van der Waals surface area contributed by atoms with E-state index in [1.54, 1.807) is 6.92 Å². The van der Waals surface area contributed by atoms with Gasteiger partial charge in [0, 0.05) is 5.92 Å². The molecule has 0 aromatic heterocycles. The molecule has 0 aromatic rings. The molecule has 2 heteroatoms. The van der Waals surface area contributed by atoms with Crippen LogP contribution in [0.1, 0.15) is 33.1 Å². The molecule has 0 heterocycles. The number of alkyl halides is 2. The van der Waals surface area contributed by atoms with Gasteiger partial charge >= 0.3 is 0 Å². The van der Waals surface area contributed by atoms with Crippen LogP contribution < -0.4 is 0 Å². The van der Waals surface area contributed by atoms with Crippen LogP contribution in [0.3, 0.4) is 0 Å². The summed E-state index contributed by atoms with van der Waals surface area (Å²) in [5.41, 5.74) is -1.65. The Kier molecular flexibility index (Phi) is 1.97. The van der Waals surface area contributed by atoms with E-state index in [1.165, 1.54) is 6.92 Å². The molecular formula is C8H13F2. The molecule has 0 saturated heterocycles. The molecule has 2 atom stereocenters. The van der Waals surface area contributed by atoms with Gasteiger partial charge in [-0.1, -0.05) is 6.92 Å². The third-order valence-corrected chi connectivity index (χ3v) is 2.43. The van der Waals surface area contributed by atoms with Crippen LogP contribution in [-0.2, 0) is 0 Å². The van der Waals surface area contributed by atoms with E-state index >= 15 is 0 Å². The van der Waals surface area contributed by atoms with Gasteiger partial charge in [0.05, 0.1) is 0 Å². The predicted octanol–water partition coefficient (Wildman–Crippen LogP) is 2.83. The topological polar surface area (TPSA) is 0 Å². The summed E-state index contributed by atoms with van der Waals surface area (Å²) in [5.74, 6) is 0.659. The zero-order chi connectivity index (χ0) is 7.78. The Bertz CT molecular complexity index is 108. The van der Waals surface area contributed by atoms with Crippen molar-refractivity contribution in [1.29, 1.82) is 0 Å². The number of rotatable bonds is 0. The van der Waals surface area contributed by atoms with Gasteiger partial charge in [-0.05, 0) is 26.2 Å². The van der Waals surface area contributed by atoms with Gasteiger partial charge in [-0.3, -0.25) is 0 Å². The second-order valence-corrected chi connectivity index (χ2v) is 3.22. The number of hydrogen-bond acceptors (Lipinski definition) is 0. The summed E-state index contributed by atoms with van der Waals surface area (Å²) >= 11 is 0. The third-order valence-electron chi connectivity index (χ3n) is 2.43. The van der Waals surface area contributed by atoms with Gasteiger partial charge in [0.1, 0.15) is 11.8 Å². The van der Waals surface area contributed by atoms with E-state index in [0.717, 1.165) is 12.8 Å². The first-order valence-electron chi connectivity index (χ1n) is 3.71. The first kappa shape index (κ1) is 7.96. The molecule has 2 unspecified atom stereocenters. The fourth-order valence-electron chi connectivity index (χ4n) is 1.33. The van der Waals surface area contributed by atoms with Crippen molar-refractivity contribution in [3.63, 3.8) is 0 Å². The summed E-state index contributed by atoms with van der Waals surface area (Å²) in [6.07, 6.45) is 0.644. The molecule has 1 aliphatic carbocycles. The highest BCUT2D eigenvalue weighted by molar-refractivity contribution is 5.10. The molecule has 0 nitrogen and oxygen atoms in total. The van der Waals surface area contributed by atoms with Crippen molar-refractivity contribution in [2.45, 2.75) is 45.0 Å². The fourth-order valence-corrected chi connectivity index (χ4v) is 1.33. The highest BCUT2D eigenvalue weighted by Crippen LogP contribution is 2.39. The first-order valence-corrected chi connectivity index (χ1v) is 3.71. The Balaban J connectivity index is 2.63. The van der Waals surface area contributed by atoms with Gasteiger partial charge in [-0.25, -0.2) is 8.78 Å². The lowest BCUT2D eigenvalue weighted by Gasteiger charge is -2.34. The largest absolute Gasteiger partial charge is 0.244 e. The van der Waals surface area contributed by atoms with E-state index in [4.69, 9.17) is 0 Å². The Labute approximate surface area is 60.6 Å². The molecular weight excluding hydrogens is 134 g/mol. The lowest BCUT2D eigenvalue weighted by molar-refractivity contribution is 0.0501. The van der Waals surface area contributed by atoms with Crippen LogP contribution in [0.25, 0.3) is 0 Å². The van der Waals surface area contributed by atoms with Crippen LogP contribution in [0.4, 0.5) is 8.78 Å². The van der Waals surface area contributed by atoms with Crippen molar-refractivity contribution in [2.24, 2.45) is 0 Å². The molecule has 0 aromatic carbocycles. The molecule has 0 N–H and O–H groups in total. The molecule has 1 radical (unpaired) electrons. The second-order valence-electron chi connectivity index (χ2n) is 3.22. The Hall–Kier alpha value is -0.140. The van der Waals surface area contributed by atoms with E-state index in [2.05, 4.69) is 0 Å². The van der Waals surface area contributed by atoms with Crippen molar-refractivity contribution in [3.8, 4) is 0 Å². The minimum atomic E-state index is -1.65. The Morgan fingerprint density at radius 1 is 1.60 bits per heavy atom. The molecule has 0 amide bonds. The van der Waals surface area contributed by atoms with Crippen LogP contribution in [0.15, 0.2) is 0 Å². The minimum absolute atomic E-state index is 0.379. The summed E-state index contributed by atoms with van der Waals surface area (Å²) in [6, 6.07) is 0. The molecule has 0 aliphatic heterocycles. The molecule has 59 valence electrons. The Morgan fingerprint density at radius 3 is 2.60 bits per heavy atom. The zero-order valence-corrected chi connectivity index (χ0v) is 6.45. The molecule has 1 aliphatic rings. The van der Waals surface area contributed by atoms with E-state index in [1.807, 2.05) is 0 Å². The molecule has 0 spiro atoms. The van der Waals surface area contributed by atoms with Crippen LogP contribution in [0, 0.1) is 5.92 Å². The lowest BCUT2D eigenvalue weighted by atomic mass is 9.78. The van der Waals surface area contributed by atoms with Crippen molar-refractivity contribution in [1.82, 2.24) is 0 Å². The number of hydrogen-bond donors (Lipinski definition) is 0. The summed E-state index contributed by atoms with van der Waals surface area (Å²) in [5, 5.41) is 0. The third kappa shape index (κ3) is 1.16. The SMILES string of the molecule is C[C]1CCCC(F)C1(C)F. The van der Waals surface area contributed by atoms with Gasteiger partial charge in [0.15, 0.2) is 0 Å². The monoisotopic (exact) mass is 147 g/mol. The van der Waals surface area contributed by atoms with Crippen LogP contribution in [0.2, 0.25) is 0 Å². The van der Waals surface area contributed by atoms with E-state index < -0.39 is 11.8 Å². The van der Waals surface area contributed by atoms with Gasteiger partial charge in [-0.15, -0.1) is 0 Å². The molecule has 10 heavy (non-hydrogen) atoms. The zero-order valence-electron chi connectivity index (χ0n) is 6.45. The summed E-state index contributed by atoms with van der Waals surface area (Å²) in [4.78, 5) is 0. The average Bonchev–Trinajstić information content (AvgIpc) is 1.84. The summed E-state index contributed by atoms with van der Waals surface area (Å²) < 4.78 is 26.1. The summed E-state index contributed by atoms with van der Waals surface area (Å²) in [7, 11) is 0. The Morgan fingerprint density at radius 2 is 2.20 bits per heavy atom. The van der Waals surface area contributed by atoms with Crippen LogP contribution in [-0.4, -0.2) is 11.8 Å². The number of halogens is 2. The van der Waals surface area contributed by atoms with Gasteiger partial charge in [0.2, 0.25) is 0 Å². The molecule has 1 saturated carbocycles. The average molecular weight is 147 g/mol. The standard InChI is InChI=1S/C8H13F2/c1-6-4-3-5-7(9)8(6,2)10/h7H,3-5H2,1-2H3. The summed E-state index contributed by atoms with van der Waals surface area (Å²) in [6.45, 7) is 3.04.